The van der Waals surface area contributed by atoms with Crippen LogP contribution in [0.5, 0.6) is 0 Å². The lowest BCUT2D eigenvalue weighted by molar-refractivity contribution is -0.136. The molecule has 0 saturated heterocycles. The van der Waals surface area contributed by atoms with Gasteiger partial charge in [0.05, 0.1) is 5.60 Å². The lowest BCUT2D eigenvalue weighted by Crippen LogP contribution is -2.57. The number of carbonyl (C=O) groups is 2. The number of hydrogen-bond donors (Lipinski definition) is 4. The highest BCUT2D eigenvalue weighted by Gasteiger charge is 2.34. The summed E-state index contributed by atoms with van der Waals surface area (Å²) >= 11 is 0. The van der Waals surface area contributed by atoms with Crippen molar-refractivity contribution < 1.29 is 19.9 Å². The molecule has 0 aromatic heterocycles. The second-order valence-corrected chi connectivity index (χ2v) is 6.23. The number of amides is 2. The predicted octanol–water partition coefficient (Wildman–Crippen LogP) is 1.46. The van der Waals surface area contributed by atoms with E-state index in [0.29, 0.717) is 5.56 Å². The molecule has 0 saturated carbocycles. The Morgan fingerprint density at radius 2 is 1.50 bits per heavy atom. The molecule has 134 valence electrons. The Labute approximate surface area is 151 Å². The highest BCUT2D eigenvalue weighted by Crippen LogP contribution is 2.11. The molecule has 26 heavy (non-hydrogen) atoms. The van der Waals surface area contributed by atoms with E-state index in [1.54, 1.807) is 24.3 Å². The maximum Gasteiger partial charge on any atom is 0.268 e. The number of rotatable bonds is 4. The van der Waals surface area contributed by atoms with E-state index in [4.69, 9.17) is 5.21 Å². The van der Waals surface area contributed by atoms with Crippen molar-refractivity contribution >= 4 is 11.8 Å². The van der Waals surface area contributed by atoms with Crippen molar-refractivity contribution in [3.8, 4) is 11.8 Å². The van der Waals surface area contributed by atoms with Gasteiger partial charge in [-0.25, -0.2) is 5.48 Å². The summed E-state index contributed by atoms with van der Waals surface area (Å²) in [6.45, 7) is 2.71. The average molecular weight is 352 g/mol. The van der Waals surface area contributed by atoms with Crippen molar-refractivity contribution in [3.05, 3.63) is 71.3 Å². The monoisotopic (exact) mass is 352 g/mol. The molecule has 2 aromatic carbocycles. The van der Waals surface area contributed by atoms with E-state index in [9.17, 15) is 14.7 Å². The largest absolute Gasteiger partial charge is 0.388 e. The summed E-state index contributed by atoms with van der Waals surface area (Å²) in [7, 11) is 0. The van der Waals surface area contributed by atoms with Crippen LogP contribution in [0.25, 0.3) is 0 Å². The molecule has 2 amide bonds. The molecule has 6 heteroatoms. The van der Waals surface area contributed by atoms with Gasteiger partial charge in [0.1, 0.15) is 6.04 Å². The van der Waals surface area contributed by atoms with Crippen LogP contribution in [-0.2, 0) is 4.79 Å². The summed E-state index contributed by atoms with van der Waals surface area (Å²) in [5, 5.41) is 21.2. The Hall–Kier alpha value is -3.14. The van der Waals surface area contributed by atoms with Crippen molar-refractivity contribution in [2.24, 2.45) is 0 Å². The molecule has 0 aliphatic carbocycles. The summed E-state index contributed by atoms with van der Waals surface area (Å²) in [6.07, 6.45) is 0. The molecule has 1 atom stereocenters. The summed E-state index contributed by atoms with van der Waals surface area (Å²) in [5.74, 6) is 4.56. The van der Waals surface area contributed by atoms with E-state index in [0.717, 1.165) is 11.1 Å². The number of nitrogens with one attached hydrogen (secondary N) is 2. The van der Waals surface area contributed by atoms with Crippen LogP contribution in [0, 0.1) is 11.8 Å². The Bertz CT molecular complexity index is 828. The third-order valence-electron chi connectivity index (χ3n) is 3.63. The Kier molecular flexibility index (Phi) is 6.12. The van der Waals surface area contributed by atoms with Gasteiger partial charge in [-0.15, -0.1) is 0 Å². The van der Waals surface area contributed by atoms with Crippen LogP contribution in [-0.4, -0.2) is 33.8 Å². The van der Waals surface area contributed by atoms with Crippen LogP contribution in [0.3, 0.4) is 0 Å². The third kappa shape index (κ3) is 5.18. The van der Waals surface area contributed by atoms with Gasteiger partial charge in [-0.3, -0.25) is 14.8 Å². The number of hydrogen-bond acceptors (Lipinski definition) is 4. The third-order valence-corrected chi connectivity index (χ3v) is 3.63. The zero-order valence-electron chi connectivity index (χ0n) is 14.5. The summed E-state index contributed by atoms with van der Waals surface area (Å²) in [5.41, 5.74) is 1.81. The molecule has 0 spiro atoms. The van der Waals surface area contributed by atoms with E-state index in [1.165, 1.54) is 19.3 Å². The van der Waals surface area contributed by atoms with Crippen LogP contribution in [0.2, 0.25) is 0 Å². The molecule has 0 heterocycles. The van der Waals surface area contributed by atoms with Gasteiger partial charge in [0.25, 0.3) is 11.8 Å². The Morgan fingerprint density at radius 3 is 2.00 bits per heavy atom. The SMILES string of the molecule is CC(C)(O)C(NC(=O)c1ccc(C#Cc2ccccc2)cc1)C(=O)NO. The Morgan fingerprint density at radius 1 is 0.962 bits per heavy atom. The highest BCUT2D eigenvalue weighted by atomic mass is 16.5. The first-order valence-corrected chi connectivity index (χ1v) is 7.95. The molecule has 4 N–H and O–H groups in total. The standard InChI is InChI=1S/C20H20N2O4/c1-20(2,25)17(19(24)22-26)21-18(23)16-12-10-15(11-13-16)9-8-14-6-4-3-5-7-14/h3-7,10-13,17,25-26H,1-2H3,(H,21,23)(H,22,24). The van der Waals surface area contributed by atoms with Crippen LogP contribution < -0.4 is 10.8 Å². The molecule has 0 radical (unpaired) electrons. The van der Waals surface area contributed by atoms with Gasteiger partial charge in [-0.1, -0.05) is 30.0 Å². The molecule has 6 nitrogen and oxygen atoms in total. The van der Waals surface area contributed by atoms with Gasteiger partial charge < -0.3 is 10.4 Å². The van der Waals surface area contributed by atoms with Gasteiger partial charge >= 0.3 is 0 Å². The minimum absolute atomic E-state index is 0.301. The zero-order chi connectivity index (χ0) is 19.2. The molecule has 2 rings (SSSR count). The van der Waals surface area contributed by atoms with Gasteiger partial charge in [0, 0.05) is 16.7 Å². The molecule has 0 aliphatic heterocycles. The van der Waals surface area contributed by atoms with Crippen molar-refractivity contribution in [3.63, 3.8) is 0 Å². The lowest BCUT2D eigenvalue weighted by atomic mass is 9.97. The molecular weight excluding hydrogens is 332 g/mol. The van der Waals surface area contributed by atoms with Gasteiger partial charge in [0.15, 0.2) is 0 Å². The molecule has 0 aliphatic rings. The molecule has 2 aromatic rings. The normalized spacial score (nSPS) is 11.7. The summed E-state index contributed by atoms with van der Waals surface area (Å²) in [6, 6.07) is 14.7. The first-order chi connectivity index (χ1) is 12.3. The minimum atomic E-state index is -1.55. The van der Waals surface area contributed by atoms with E-state index in [-0.39, 0.29) is 0 Å². The fraction of sp³-hybridized carbons (Fsp3) is 0.200. The highest BCUT2D eigenvalue weighted by molar-refractivity contribution is 5.97. The predicted molar refractivity (Wildman–Crippen MR) is 96.3 cm³/mol. The second kappa shape index (κ2) is 8.30. The average Bonchev–Trinajstić information content (AvgIpc) is 2.64. The van der Waals surface area contributed by atoms with Crippen molar-refractivity contribution in [2.75, 3.05) is 0 Å². The van der Waals surface area contributed by atoms with E-state index < -0.39 is 23.5 Å². The lowest BCUT2D eigenvalue weighted by Gasteiger charge is -2.28. The first-order valence-electron chi connectivity index (χ1n) is 7.95. The molecular formula is C20H20N2O4. The van der Waals surface area contributed by atoms with E-state index >= 15 is 0 Å². The maximum atomic E-state index is 12.3. The van der Waals surface area contributed by atoms with Gasteiger partial charge in [-0.05, 0) is 50.2 Å². The van der Waals surface area contributed by atoms with E-state index in [1.807, 2.05) is 30.3 Å². The van der Waals surface area contributed by atoms with Crippen LogP contribution in [0.4, 0.5) is 0 Å². The number of aliphatic hydroxyl groups is 1. The number of carbonyl (C=O) groups excluding carboxylic acids is 2. The molecule has 1 unspecified atom stereocenters. The smallest absolute Gasteiger partial charge is 0.268 e. The number of hydroxylamine groups is 1. The quantitative estimate of drug-likeness (QED) is 0.380. The fourth-order valence-electron chi connectivity index (χ4n) is 2.21. The van der Waals surface area contributed by atoms with Crippen LogP contribution in [0.1, 0.15) is 35.3 Å². The second-order valence-electron chi connectivity index (χ2n) is 6.23. The van der Waals surface area contributed by atoms with Crippen molar-refractivity contribution in [1.29, 1.82) is 0 Å². The maximum absolute atomic E-state index is 12.3. The van der Waals surface area contributed by atoms with Crippen LogP contribution >= 0.6 is 0 Å². The Balaban J connectivity index is 2.11. The minimum Gasteiger partial charge on any atom is -0.388 e. The molecule has 0 fully saturated rings. The summed E-state index contributed by atoms with van der Waals surface area (Å²) in [4.78, 5) is 23.9. The zero-order valence-corrected chi connectivity index (χ0v) is 14.5. The van der Waals surface area contributed by atoms with Crippen molar-refractivity contribution in [1.82, 2.24) is 10.8 Å². The molecule has 0 bridgehead atoms. The topological polar surface area (TPSA) is 98.7 Å². The van der Waals surface area contributed by atoms with Crippen LogP contribution in [0.15, 0.2) is 54.6 Å². The fourth-order valence-corrected chi connectivity index (χ4v) is 2.21. The van der Waals surface area contributed by atoms with E-state index in [2.05, 4.69) is 17.2 Å². The first kappa shape index (κ1) is 19.2. The summed E-state index contributed by atoms with van der Waals surface area (Å²) < 4.78 is 0. The number of benzene rings is 2. The van der Waals surface area contributed by atoms with Crippen molar-refractivity contribution in [2.45, 2.75) is 25.5 Å². The van der Waals surface area contributed by atoms with Gasteiger partial charge in [-0.2, -0.15) is 0 Å². The van der Waals surface area contributed by atoms with Gasteiger partial charge in [0.2, 0.25) is 0 Å².